The molecule has 0 aliphatic heterocycles. The molecule has 3 aromatic rings. The molecule has 0 saturated carbocycles. The number of benzene rings is 3. The van der Waals surface area contributed by atoms with E-state index in [4.69, 9.17) is 16.3 Å². The van der Waals surface area contributed by atoms with Crippen LogP contribution >= 0.6 is 11.6 Å². The molecule has 0 bridgehead atoms. The van der Waals surface area contributed by atoms with Gasteiger partial charge in [0.1, 0.15) is 12.4 Å². The van der Waals surface area contributed by atoms with Crippen LogP contribution in [0.25, 0.3) is 0 Å². The van der Waals surface area contributed by atoms with E-state index in [1.807, 2.05) is 36.4 Å². The number of hydrogen-bond acceptors (Lipinski definition) is 2. The Balaban J connectivity index is 1.46. The van der Waals surface area contributed by atoms with Crippen molar-refractivity contribution in [1.82, 2.24) is 5.32 Å². The van der Waals surface area contributed by atoms with Crippen LogP contribution in [-0.2, 0) is 13.0 Å². The largest absolute Gasteiger partial charge is 0.489 e. The first-order valence-corrected chi connectivity index (χ1v) is 10.7. The van der Waals surface area contributed by atoms with Crippen LogP contribution in [0, 0.1) is 0 Å². The molecule has 156 valence electrons. The number of hydrogen-bond donors (Lipinski definition) is 1. The highest BCUT2D eigenvalue weighted by atomic mass is 35.5. The molecule has 1 amide bonds. The normalized spacial score (nSPS) is 10.8. The molecule has 3 nitrogen and oxygen atoms in total. The molecule has 0 spiro atoms. The van der Waals surface area contributed by atoms with Crippen molar-refractivity contribution >= 4 is 17.5 Å². The number of rotatable bonds is 9. The van der Waals surface area contributed by atoms with Crippen molar-refractivity contribution in [3.05, 3.63) is 100 Å². The summed E-state index contributed by atoms with van der Waals surface area (Å²) >= 11 is 6.16. The summed E-state index contributed by atoms with van der Waals surface area (Å²) < 4.78 is 5.81. The molecular formula is C26H28ClNO2. The van der Waals surface area contributed by atoms with Gasteiger partial charge < -0.3 is 10.1 Å². The lowest BCUT2D eigenvalue weighted by Gasteiger charge is -2.10. The Morgan fingerprint density at radius 3 is 2.50 bits per heavy atom. The van der Waals surface area contributed by atoms with Crippen LogP contribution in [0.2, 0.25) is 5.02 Å². The van der Waals surface area contributed by atoms with Gasteiger partial charge >= 0.3 is 0 Å². The van der Waals surface area contributed by atoms with E-state index in [9.17, 15) is 4.79 Å². The number of amides is 1. The van der Waals surface area contributed by atoms with Crippen LogP contribution in [0.5, 0.6) is 5.75 Å². The average molecular weight is 422 g/mol. The van der Waals surface area contributed by atoms with Gasteiger partial charge in [-0.25, -0.2) is 0 Å². The van der Waals surface area contributed by atoms with Gasteiger partial charge in [-0.3, -0.25) is 4.79 Å². The zero-order valence-corrected chi connectivity index (χ0v) is 18.3. The summed E-state index contributed by atoms with van der Waals surface area (Å²) in [5.74, 6) is 1.10. The number of ether oxygens (including phenoxy) is 1. The molecule has 0 aliphatic rings. The van der Waals surface area contributed by atoms with E-state index in [1.165, 1.54) is 11.1 Å². The van der Waals surface area contributed by atoms with Gasteiger partial charge in [0.05, 0.1) is 0 Å². The maximum absolute atomic E-state index is 12.5. The van der Waals surface area contributed by atoms with Crippen molar-refractivity contribution < 1.29 is 9.53 Å². The highest BCUT2D eigenvalue weighted by Crippen LogP contribution is 2.19. The van der Waals surface area contributed by atoms with Gasteiger partial charge in [-0.2, -0.15) is 0 Å². The maximum atomic E-state index is 12.5. The Labute approximate surface area is 184 Å². The SMILES string of the molecule is CC(C)c1ccc(CCCNC(=O)c2cccc(OCc3ccccc3Cl)c2)cc1. The topological polar surface area (TPSA) is 38.3 Å². The molecular weight excluding hydrogens is 394 g/mol. The summed E-state index contributed by atoms with van der Waals surface area (Å²) in [6.45, 7) is 5.39. The third-order valence-electron chi connectivity index (χ3n) is 5.02. The lowest BCUT2D eigenvalue weighted by molar-refractivity contribution is 0.0952. The molecule has 0 atom stereocenters. The fourth-order valence-corrected chi connectivity index (χ4v) is 3.36. The number of halogens is 1. The van der Waals surface area contributed by atoms with Gasteiger partial charge in [-0.05, 0) is 54.2 Å². The van der Waals surface area contributed by atoms with E-state index in [-0.39, 0.29) is 5.91 Å². The fraction of sp³-hybridized carbons (Fsp3) is 0.269. The number of aryl methyl sites for hydroxylation is 1. The molecule has 0 unspecified atom stereocenters. The summed E-state index contributed by atoms with van der Waals surface area (Å²) in [6.07, 6.45) is 1.84. The van der Waals surface area contributed by atoms with Gasteiger partial charge in [-0.1, -0.05) is 74.0 Å². The van der Waals surface area contributed by atoms with Crippen molar-refractivity contribution in [3.63, 3.8) is 0 Å². The van der Waals surface area contributed by atoms with Crippen LogP contribution in [0.1, 0.15) is 53.2 Å². The first kappa shape index (κ1) is 21.9. The predicted molar refractivity (Wildman–Crippen MR) is 123 cm³/mol. The van der Waals surface area contributed by atoms with Crippen molar-refractivity contribution in [2.45, 2.75) is 39.2 Å². The average Bonchev–Trinajstić information content (AvgIpc) is 2.76. The minimum atomic E-state index is -0.0895. The summed E-state index contributed by atoms with van der Waals surface area (Å²) in [5, 5.41) is 3.66. The second-order valence-electron chi connectivity index (χ2n) is 7.66. The molecule has 0 aliphatic carbocycles. The maximum Gasteiger partial charge on any atom is 0.251 e. The number of nitrogens with one attached hydrogen (secondary N) is 1. The zero-order chi connectivity index (χ0) is 21.3. The van der Waals surface area contributed by atoms with Crippen molar-refractivity contribution in [2.24, 2.45) is 0 Å². The fourth-order valence-electron chi connectivity index (χ4n) is 3.17. The Bertz CT molecular complexity index is 967. The van der Waals surface area contributed by atoms with Crippen LogP contribution in [0.15, 0.2) is 72.8 Å². The van der Waals surface area contributed by atoms with E-state index < -0.39 is 0 Å². The van der Waals surface area contributed by atoms with E-state index in [2.05, 4.69) is 43.4 Å². The minimum absolute atomic E-state index is 0.0895. The van der Waals surface area contributed by atoms with Crippen molar-refractivity contribution in [1.29, 1.82) is 0 Å². The number of carbonyl (C=O) groups is 1. The zero-order valence-electron chi connectivity index (χ0n) is 17.5. The Morgan fingerprint density at radius 1 is 1.00 bits per heavy atom. The smallest absolute Gasteiger partial charge is 0.251 e. The summed E-state index contributed by atoms with van der Waals surface area (Å²) in [7, 11) is 0. The van der Waals surface area contributed by atoms with E-state index in [0.29, 0.717) is 35.4 Å². The van der Waals surface area contributed by atoms with Crippen molar-refractivity contribution in [3.8, 4) is 5.75 Å². The molecule has 0 saturated heterocycles. The van der Waals surface area contributed by atoms with E-state index in [1.54, 1.807) is 12.1 Å². The highest BCUT2D eigenvalue weighted by molar-refractivity contribution is 6.31. The van der Waals surface area contributed by atoms with Gasteiger partial charge in [0.2, 0.25) is 0 Å². The quantitative estimate of drug-likeness (QED) is 0.405. The molecule has 0 aromatic heterocycles. The van der Waals surface area contributed by atoms with Crippen LogP contribution in [0.3, 0.4) is 0 Å². The standard InChI is InChI=1S/C26H28ClNO2/c1-19(2)21-14-12-20(13-15-21)7-6-16-28-26(29)22-9-5-10-24(17-22)30-18-23-8-3-4-11-25(23)27/h3-5,8-15,17,19H,6-7,16,18H2,1-2H3,(H,28,29). The molecule has 0 radical (unpaired) electrons. The molecule has 30 heavy (non-hydrogen) atoms. The Kier molecular flexibility index (Phi) is 7.92. The summed E-state index contributed by atoms with van der Waals surface area (Å²) in [4.78, 5) is 12.5. The summed E-state index contributed by atoms with van der Waals surface area (Å²) in [5.41, 5.74) is 4.15. The molecule has 3 aromatic carbocycles. The van der Waals surface area contributed by atoms with E-state index >= 15 is 0 Å². The van der Waals surface area contributed by atoms with Crippen LogP contribution in [-0.4, -0.2) is 12.5 Å². The minimum Gasteiger partial charge on any atom is -0.489 e. The first-order valence-electron chi connectivity index (χ1n) is 10.4. The molecule has 0 heterocycles. The Hall–Kier alpha value is -2.78. The van der Waals surface area contributed by atoms with Gasteiger partial charge in [0.15, 0.2) is 0 Å². The van der Waals surface area contributed by atoms with Crippen LogP contribution in [0.4, 0.5) is 0 Å². The van der Waals surface area contributed by atoms with Gasteiger partial charge in [0, 0.05) is 22.7 Å². The molecule has 3 rings (SSSR count). The number of carbonyl (C=O) groups excluding carboxylic acids is 1. The predicted octanol–water partition coefficient (Wildman–Crippen LogP) is 6.41. The first-order chi connectivity index (χ1) is 14.5. The summed E-state index contributed by atoms with van der Waals surface area (Å²) in [6, 6.07) is 23.5. The highest BCUT2D eigenvalue weighted by Gasteiger charge is 2.07. The monoisotopic (exact) mass is 421 g/mol. The molecule has 1 N–H and O–H groups in total. The third kappa shape index (κ3) is 6.36. The van der Waals surface area contributed by atoms with Crippen LogP contribution < -0.4 is 10.1 Å². The van der Waals surface area contributed by atoms with Gasteiger partial charge in [0.25, 0.3) is 5.91 Å². The van der Waals surface area contributed by atoms with E-state index in [0.717, 1.165) is 18.4 Å². The lowest BCUT2D eigenvalue weighted by Crippen LogP contribution is -2.24. The second kappa shape index (κ2) is 10.8. The third-order valence-corrected chi connectivity index (χ3v) is 5.39. The second-order valence-corrected chi connectivity index (χ2v) is 8.07. The molecule has 4 heteroatoms. The Morgan fingerprint density at radius 2 is 1.77 bits per heavy atom. The van der Waals surface area contributed by atoms with Crippen molar-refractivity contribution in [2.75, 3.05) is 6.54 Å². The van der Waals surface area contributed by atoms with Gasteiger partial charge in [-0.15, -0.1) is 0 Å². The molecule has 0 fully saturated rings. The lowest BCUT2D eigenvalue weighted by atomic mass is 10.0.